The van der Waals surface area contributed by atoms with Gasteiger partial charge in [0.1, 0.15) is 5.52 Å². The van der Waals surface area contributed by atoms with Crippen LogP contribution in [-0.4, -0.2) is 62.7 Å². The Balaban J connectivity index is 1.65. The number of likely N-dealkylation sites (tertiary alicyclic amines) is 1. The summed E-state index contributed by atoms with van der Waals surface area (Å²) in [7, 11) is 0. The topological polar surface area (TPSA) is 85.0 Å². The molecule has 3 N–H and O–H groups in total. The first-order valence-electron chi connectivity index (χ1n) is 7.12. The molecule has 3 heterocycles. The Bertz CT molecular complexity index is 668. The van der Waals surface area contributed by atoms with Crippen molar-refractivity contribution >= 4 is 22.8 Å². The lowest BCUT2D eigenvalue weighted by molar-refractivity contribution is 0.150. The van der Waals surface area contributed by atoms with E-state index in [1.54, 1.807) is 11.8 Å². The van der Waals surface area contributed by atoms with Gasteiger partial charge in [0.05, 0.1) is 17.9 Å². The Morgan fingerprint density at radius 3 is 3.14 bits per heavy atom. The van der Waals surface area contributed by atoms with Gasteiger partial charge in [0.15, 0.2) is 0 Å². The molecule has 0 unspecified atom stereocenters. The summed E-state index contributed by atoms with van der Waals surface area (Å²) < 4.78 is 0. The Hall–Kier alpha value is -1.31. The summed E-state index contributed by atoms with van der Waals surface area (Å²) in [6.45, 7) is 2.56. The minimum atomic E-state index is -0.221. The molecule has 0 saturated carbocycles. The molecule has 6 nitrogen and oxygen atoms in total. The molecular formula is C14H20N4O2S. The van der Waals surface area contributed by atoms with Crippen molar-refractivity contribution in [1.29, 1.82) is 0 Å². The average molecular weight is 308 g/mol. The van der Waals surface area contributed by atoms with Gasteiger partial charge < -0.3 is 20.0 Å². The van der Waals surface area contributed by atoms with E-state index in [1.807, 2.05) is 6.20 Å². The standard InChI is InChI=1S/C14H20N4O2S/c1-21-7-10-5-18(6-11(10)19)3-2-9-4-15-13-12(9)16-8-17-14(13)20/h4,8,10-11,15,19H,2-3,5-7H2,1H3,(H,16,17,20)/t10-,11+/m1/s1. The van der Waals surface area contributed by atoms with Crippen LogP contribution in [0, 0.1) is 5.92 Å². The molecule has 0 aromatic carbocycles. The maximum absolute atomic E-state index is 11.6. The molecular weight excluding hydrogens is 288 g/mol. The van der Waals surface area contributed by atoms with Crippen LogP contribution in [0.1, 0.15) is 5.56 Å². The highest BCUT2D eigenvalue weighted by Crippen LogP contribution is 2.21. The van der Waals surface area contributed by atoms with Crippen LogP contribution in [-0.2, 0) is 6.42 Å². The van der Waals surface area contributed by atoms with Crippen molar-refractivity contribution in [3.05, 3.63) is 28.4 Å². The van der Waals surface area contributed by atoms with Gasteiger partial charge in [-0.2, -0.15) is 11.8 Å². The summed E-state index contributed by atoms with van der Waals surface area (Å²) in [5.41, 5.74) is 2.20. The maximum atomic E-state index is 11.6. The number of aliphatic hydroxyl groups is 1. The molecule has 0 bridgehead atoms. The number of H-pyrrole nitrogens is 2. The van der Waals surface area contributed by atoms with E-state index in [0.29, 0.717) is 11.4 Å². The van der Waals surface area contributed by atoms with Crippen molar-refractivity contribution < 1.29 is 5.11 Å². The number of hydrogen-bond acceptors (Lipinski definition) is 5. The minimum Gasteiger partial charge on any atom is -0.391 e. The van der Waals surface area contributed by atoms with Crippen LogP contribution in [0.4, 0.5) is 0 Å². The van der Waals surface area contributed by atoms with Gasteiger partial charge >= 0.3 is 0 Å². The molecule has 0 radical (unpaired) electrons. The van der Waals surface area contributed by atoms with Gasteiger partial charge in [-0.1, -0.05) is 0 Å². The summed E-state index contributed by atoms with van der Waals surface area (Å²) in [6.07, 6.45) is 5.98. The Morgan fingerprint density at radius 2 is 2.33 bits per heavy atom. The highest BCUT2D eigenvalue weighted by atomic mass is 32.2. The van der Waals surface area contributed by atoms with Crippen LogP contribution in [0.2, 0.25) is 0 Å². The van der Waals surface area contributed by atoms with E-state index in [0.717, 1.165) is 42.9 Å². The summed E-state index contributed by atoms with van der Waals surface area (Å²) in [5, 5.41) is 10.0. The van der Waals surface area contributed by atoms with Crippen molar-refractivity contribution in [3.63, 3.8) is 0 Å². The first kappa shape index (κ1) is 14.6. The van der Waals surface area contributed by atoms with Gasteiger partial charge in [0, 0.05) is 31.7 Å². The second kappa shape index (κ2) is 6.21. The number of nitrogens with one attached hydrogen (secondary N) is 2. The number of aromatic amines is 2. The molecule has 21 heavy (non-hydrogen) atoms. The number of β-amino-alcohol motifs (C(OH)–C–C–N with tert-alkyl or cyclic N) is 1. The predicted molar refractivity (Wildman–Crippen MR) is 84.7 cm³/mol. The van der Waals surface area contributed by atoms with Crippen LogP contribution >= 0.6 is 11.8 Å². The highest BCUT2D eigenvalue weighted by molar-refractivity contribution is 7.98. The monoisotopic (exact) mass is 308 g/mol. The number of hydrogen-bond donors (Lipinski definition) is 3. The van der Waals surface area contributed by atoms with Gasteiger partial charge in [0.25, 0.3) is 5.56 Å². The fourth-order valence-corrected chi connectivity index (χ4v) is 3.73. The number of fused-ring (bicyclic) bond motifs is 1. The van der Waals surface area contributed by atoms with Crippen molar-refractivity contribution in [2.45, 2.75) is 12.5 Å². The molecule has 0 spiro atoms. The molecule has 2 aromatic heterocycles. The van der Waals surface area contributed by atoms with E-state index in [9.17, 15) is 9.90 Å². The van der Waals surface area contributed by atoms with Gasteiger partial charge in [0.2, 0.25) is 0 Å². The fraction of sp³-hybridized carbons (Fsp3) is 0.571. The molecule has 2 aromatic rings. The van der Waals surface area contributed by atoms with Gasteiger partial charge in [-0.05, 0) is 24.0 Å². The van der Waals surface area contributed by atoms with Gasteiger partial charge in [-0.25, -0.2) is 4.98 Å². The molecule has 1 saturated heterocycles. The predicted octanol–water partition coefficient (Wildman–Crippen LogP) is 0.449. The molecule has 7 heteroatoms. The van der Waals surface area contributed by atoms with Crippen LogP contribution < -0.4 is 5.56 Å². The van der Waals surface area contributed by atoms with Gasteiger partial charge in [-0.15, -0.1) is 0 Å². The lowest BCUT2D eigenvalue weighted by Gasteiger charge is -2.14. The molecule has 0 aliphatic carbocycles. The van der Waals surface area contributed by atoms with Crippen LogP contribution in [0.25, 0.3) is 11.0 Å². The maximum Gasteiger partial charge on any atom is 0.275 e. The van der Waals surface area contributed by atoms with E-state index in [1.165, 1.54) is 6.33 Å². The third-order valence-corrected chi connectivity index (χ3v) is 4.87. The fourth-order valence-electron chi connectivity index (χ4n) is 2.98. The van der Waals surface area contributed by atoms with E-state index < -0.39 is 0 Å². The molecule has 1 aliphatic rings. The van der Waals surface area contributed by atoms with Crippen LogP contribution in [0.3, 0.4) is 0 Å². The molecule has 1 fully saturated rings. The highest BCUT2D eigenvalue weighted by Gasteiger charge is 2.30. The average Bonchev–Trinajstić information content (AvgIpc) is 3.03. The Morgan fingerprint density at radius 1 is 1.48 bits per heavy atom. The number of thioether (sulfide) groups is 1. The number of aliphatic hydroxyl groups excluding tert-OH is 1. The third-order valence-electron chi connectivity index (χ3n) is 4.11. The zero-order chi connectivity index (χ0) is 14.8. The minimum absolute atomic E-state index is 0.136. The van der Waals surface area contributed by atoms with Crippen LogP contribution in [0.5, 0.6) is 0 Å². The van der Waals surface area contributed by atoms with Crippen molar-refractivity contribution in [2.24, 2.45) is 5.92 Å². The summed E-state index contributed by atoms with van der Waals surface area (Å²) in [4.78, 5) is 23.7. The first-order chi connectivity index (χ1) is 10.2. The number of aromatic nitrogens is 3. The molecule has 1 aliphatic heterocycles. The van der Waals surface area contributed by atoms with Crippen molar-refractivity contribution in [2.75, 3.05) is 31.6 Å². The van der Waals surface area contributed by atoms with Crippen molar-refractivity contribution in [3.8, 4) is 0 Å². The third kappa shape index (κ3) is 3.00. The Kier molecular flexibility index (Phi) is 4.32. The quantitative estimate of drug-likeness (QED) is 0.747. The summed E-state index contributed by atoms with van der Waals surface area (Å²) in [5.74, 6) is 1.37. The first-order valence-corrected chi connectivity index (χ1v) is 8.51. The summed E-state index contributed by atoms with van der Waals surface area (Å²) in [6, 6.07) is 0. The molecule has 3 rings (SSSR count). The van der Waals surface area contributed by atoms with Crippen molar-refractivity contribution in [1.82, 2.24) is 19.9 Å². The van der Waals surface area contributed by atoms with E-state index in [2.05, 4.69) is 26.1 Å². The zero-order valence-electron chi connectivity index (χ0n) is 12.0. The van der Waals surface area contributed by atoms with Gasteiger partial charge in [-0.3, -0.25) is 4.79 Å². The second-order valence-electron chi connectivity index (χ2n) is 5.56. The Labute approximate surface area is 127 Å². The van der Waals surface area contributed by atoms with E-state index >= 15 is 0 Å². The molecule has 0 amide bonds. The lowest BCUT2D eigenvalue weighted by Crippen LogP contribution is -2.24. The van der Waals surface area contributed by atoms with E-state index in [4.69, 9.17) is 0 Å². The summed E-state index contributed by atoms with van der Waals surface area (Å²) >= 11 is 1.78. The molecule has 114 valence electrons. The zero-order valence-corrected chi connectivity index (χ0v) is 12.8. The lowest BCUT2D eigenvalue weighted by atomic mass is 10.1. The normalized spacial score (nSPS) is 23.1. The van der Waals surface area contributed by atoms with Crippen LogP contribution in [0.15, 0.2) is 17.3 Å². The SMILES string of the molecule is CSC[C@H]1CN(CCc2c[nH]c3c(=O)[nH]cnc23)C[C@@H]1O. The number of nitrogens with zero attached hydrogens (tertiary/aromatic N) is 2. The largest absolute Gasteiger partial charge is 0.391 e. The second-order valence-corrected chi connectivity index (χ2v) is 6.47. The molecule has 2 atom stereocenters. The van der Waals surface area contributed by atoms with E-state index in [-0.39, 0.29) is 11.7 Å². The smallest absolute Gasteiger partial charge is 0.275 e. The number of rotatable bonds is 5.